The van der Waals surface area contributed by atoms with E-state index in [1.165, 1.54) is 0 Å². The van der Waals surface area contributed by atoms with Gasteiger partial charge in [-0.05, 0) is 17.7 Å². The van der Waals surface area contributed by atoms with Crippen molar-refractivity contribution in [1.82, 2.24) is 0 Å². The van der Waals surface area contributed by atoms with Gasteiger partial charge in [0.15, 0.2) is 0 Å². The van der Waals surface area contributed by atoms with Crippen molar-refractivity contribution in [2.24, 2.45) is 5.73 Å². The lowest BCUT2D eigenvalue weighted by Crippen LogP contribution is -2.10. The molecule has 0 bridgehead atoms. The summed E-state index contributed by atoms with van der Waals surface area (Å²) in [4.78, 5) is 0. The minimum Gasteiger partial charge on any atom is -0.492 e. The SMILES string of the molecule is C#CCC(O)c1cccc(OCCN)c1. The molecule has 0 aliphatic rings. The largest absolute Gasteiger partial charge is 0.492 e. The molecule has 3 heteroatoms. The van der Waals surface area contributed by atoms with Crippen LogP contribution in [0, 0.1) is 12.3 Å². The third-order valence-electron chi connectivity index (χ3n) is 1.94. The summed E-state index contributed by atoms with van der Waals surface area (Å²) < 4.78 is 5.34. The molecule has 1 aromatic carbocycles. The lowest BCUT2D eigenvalue weighted by Gasteiger charge is -2.10. The second-order valence-electron chi connectivity index (χ2n) is 3.13. The van der Waals surface area contributed by atoms with Gasteiger partial charge in [-0.3, -0.25) is 0 Å². The highest BCUT2D eigenvalue weighted by molar-refractivity contribution is 5.30. The maximum Gasteiger partial charge on any atom is 0.119 e. The smallest absolute Gasteiger partial charge is 0.119 e. The van der Waals surface area contributed by atoms with Crippen molar-refractivity contribution < 1.29 is 9.84 Å². The quantitative estimate of drug-likeness (QED) is 0.707. The zero-order valence-electron chi connectivity index (χ0n) is 8.52. The van der Waals surface area contributed by atoms with Crippen LogP contribution in [0.3, 0.4) is 0 Å². The Morgan fingerprint density at radius 2 is 2.33 bits per heavy atom. The molecule has 0 radical (unpaired) electrons. The standard InChI is InChI=1S/C12H15NO2/c1-2-4-12(14)10-5-3-6-11(9-10)15-8-7-13/h1,3,5-6,9,12,14H,4,7-8,13H2. The number of aliphatic hydroxyl groups is 1. The Balaban J connectivity index is 2.69. The second-order valence-corrected chi connectivity index (χ2v) is 3.13. The molecule has 1 aromatic rings. The Bertz CT molecular complexity index is 344. The Labute approximate surface area is 89.9 Å². The molecule has 1 unspecified atom stereocenters. The van der Waals surface area contributed by atoms with Crippen molar-refractivity contribution in [3.63, 3.8) is 0 Å². The zero-order chi connectivity index (χ0) is 11.1. The second kappa shape index (κ2) is 6.07. The molecule has 80 valence electrons. The first kappa shape index (κ1) is 11.6. The third kappa shape index (κ3) is 3.62. The van der Waals surface area contributed by atoms with E-state index in [0.717, 1.165) is 5.56 Å². The molecule has 3 N–H and O–H groups in total. The number of aliphatic hydroxyl groups excluding tert-OH is 1. The van der Waals surface area contributed by atoms with Crippen LogP contribution in [0.5, 0.6) is 5.75 Å². The molecule has 0 heterocycles. The summed E-state index contributed by atoms with van der Waals surface area (Å²) in [6.07, 6.45) is 4.80. The summed E-state index contributed by atoms with van der Waals surface area (Å²) in [5.41, 5.74) is 6.09. The highest BCUT2D eigenvalue weighted by atomic mass is 16.5. The van der Waals surface area contributed by atoms with E-state index in [1.54, 1.807) is 6.07 Å². The van der Waals surface area contributed by atoms with Crippen LogP contribution in [0.25, 0.3) is 0 Å². The van der Waals surface area contributed by atoms with Crippen LogP contribution >= 0.6 is 0 Å². The van der Waals surface area contributed by atoms with E-state index < -0.39 is 6.10 Å². The van der Waals surface area contributed by atoms with E-state index in [2.05, 4.69) is 5.92 Å². The van der Waals surface area contributed by atoms with Crippen LogP contribution in [0.4, 0.5) is 0 Å². The van der Waals surface area contributed by atoms with Gasteiger partial charge >= 0.3 is 0 Å². The predicted octanol–water partition coefficient (Wildman–Crippen LogP) is 1.08. The van der Waals surface area contributed by atoms with Gasteiger partial charge in [0, 0.05) is 13.0 Å². The molecule has 0 aliphatic carbocycles. The number of hydrogen-bond donors (Lipinski definition) is 2. The van der Waals surface area contributed by atoms with Gasteiger partial charge in [0.25, 0.3) is 0 Å². The molecule has 15 heavy (non-hydrogen) atoms. The summed E-state index contributed by atoms with van der Waals surface area (Å²) in [6.45, 7) is 0.936. The summed E-state index contributed by atoms with van der Waals surface area (Å²) in [6, 6.07) is 7.23. The summed E-state index contributed by atoms with van der Waals surface area (Å²) in [5, 5.41) is 9.65. The van der Waals surface area contributed by atoms with Crippen LogP contribution in [-0.4, -0.2) is 18.3 Å². The molecule has 0 amide bonds. The maximum atomic E-state index is 9.65. The number of terminal acetylenes is 1. The lowest BCUT2D eigenvalue weighted by molar-refractivity contribution is 0.183. The van der Waals surface area contributed by atoms with Crippen LogP contribution in [0.15, 0.2) is 24.3 Å². The van der Waals surface area contributed by atoms with E-state index in [1.807, 2.05) is 18.2 Å². The number of hydrogen-bond acceptors (Lipinski definition) is 3. The Kier molecular flexibility index (Phi) is 4.69. The minimum absolute atomic E-state index is 0.306. The Hall–Kier alpha value is -1.50. The van der Waals surface area contributed by atoms with E-state index in [9.17, 15) is 5.11 Å². The fourth-order valence-electron chi connectivity index (χ4n) is 1.22. The zero-order valence-corrected chi connectivity index (χ0v) is 8.52. The first-order chi connectivity index (χ1) is 7.27. The topological polar surface area (TPSA) is 55.5 Å². The van der Waals surface area contributed by atoms with E-state index in [4.69, 9.17) is 16.9 Å². The van der Waals surface area contributed by atoms with Crippen molar-refractivity contribution in [3.8, 4) is 18.1 Å². The van der Waals surface area contributed by atoms with Crippen LogP contribution in [0.1, 0.15) is 18.1 Å². The van der Waals surface area contributed by atoms with Crippen molar-refractivity contribution in [3.05, 3.63) is 29.8 Å². The van der Waals surface area contributed by atoms with E-state index >= 15 is 0 Å². The minimum atomic E-state index is -0.628. The van der Waals surface area contributed by atoms with Gasteiger partial charge in [0.2, 0.25) is 0 Å². The molecular weight excluding hydrogens is 190 g/mol. The predicted molar refractivity (Wildman–Crippen MR) is 59.4 cm³/mol. The van der Waals surface area contributed by atoms with Gasteiger partial charge < -0.3 is 15.6 Å². The van der Waals surface area contributed by atoms with Gasteiger partial charge in [-0.2, -0.15) is 0 Å². The van der Waals surface area contributed by atoms with Crippen molar-refractivity contribution in [2.45, 2.75) is 12.5 Å². The first-order valence-electron chi connectivity index (χ1n) is 4.82. The molecule has 1 atom stereocenters. The van der Waals surface area contributed by atoms with Gasteiger partial charge in [-0.25, -0.2) is 0 Å². The fraction of sp³-hybridized carbons (Fsp3) is 0.333. The molecule has 0 aromatic heterocycles. The van der Waals surface area contributed by atoms with Crippen molar-refractivity contribution in [2.75, 3.05) is 13.2 Å². The Morgan fingerprint density at radius 1 is 1.53 bits per heavy atom. The molecule has 0 fully saturated rings. The van der Waals surface area contributed by atoms with Gasteiger partial charge in [0.1, 0.15) is 12.4 Å². The summed E-state index contributed by atoms with van der Waals surface area (Å²) in [5.74, 6) is 3.12. The van der Waals surface area contributed by atoms with Crippen LogP contribution in [0.2, 0.25) is 0 Å². The monoisotopic (exact) mass is 205 g/mol. The van der Waals surface area contributed by atoms with E-state index in [-0.39, 0.29) is 0 Å². The number of ether oxygens (including phenoxy) is 1. The Morgan fingerprint density at radius 3 is 3.00 bits per heavy atom. The highest BCUT2D eigenvalue weighted by Gasteiger charge is 2.06. The molecule has 3 nitrogen and oxygen atoms in total. The highest BCUT2D eigenvalue weighted by Crippen LogP contribution is 2.21. The van der Waals surface area contributed by atoms with Gasteiger partial charge in [0.05, 0.1) is 6.10 Å². The van der Waals surface area contributed by atoms with Crippen molar-refractivity contribution >= 4 is 0 Å². The lowest BCUT2D eigenvalue weighted by atomic mass is 10.1. The summed E-state index contributed by atoms with van der Waals surface area (Å²) >= 11 is 0. The van der Waals surface area contributed by atoms with Gasteiger partial charge in [-0.15, -0.1) is 12.3 Å². The molecule has 0 aliphatic heterocycles. The number of nitrogens with two attached hydrogens (primary N) is 1. The third-order valence-corrected chi connectivity index (χ3v) is 1.94. The number of rotatable bonds is 5. The van der Waals surface area contributed by atoms with Crippen molar-refractivity contribution in [1.29, 1.82) is 0 Å². The van der Waals surface area contributed by atoms with Crippen LogP contribution < -0.4 is 10.5 Å². The average Bonchev–Trinajstić information content (AvgIpc) is 2.27. The number of benzene rings is 1. The fourth-order valence-corrected chi connectivity index (χ4v) is 1.22. The average molecular weight is 205 g/mol. The molecule has 1 rings (SSSR count). The molecule has 0 saturated carbocycles. The molecule has 0 saturated heterocycles. The normalized spacial score (nSPS) is 11.8. The van der Waals surface area contributed by atoms with E-state index in [0.29, 0.717) is 25.3 Å². The first-order valence-corrected chi connectivity index (χ1v) is 4.82. The maximum absolute atomic E-state index is 9.65. The molecule has 0 spiro atoms. The van der Waals surface area contributed by atoms with Crippen LogP contribution in [-0.2, 0) is 0 Å². The molecular formula is C12H15NO2. The summed E-state index contributed by atoms with van der Waals surface area (Å²) in [7, 11) is 0. The van der Waals surface area contributed by atoms with Gasteiger partial charge in [-0.1, -0.05) is 12.1 Å².